The molecule has 0 aliphatic heterocycles. The number of hydrogen-bond donors (Lipinski definition) is 1. The summed E-state index contributed by atoms with van der Waals surface area (Å²) in [7, 11) is 0. The molecule has 0 aromatic heterocycles. The first-order valence-electron chi connectivity index (χ1n) is 4.70. The standard InChI is InChI=1S/C12H15NO/c1-4-10-7-6-9(3)11(8-10)12(14)13-5-2/h4,6-8H,1,5H2,2-3H3,(H,13,14). The van der Waals surface area contributed by atoms with Gasteiger partial charge in [-0.25, -0.2) is 0 Å². The molecule has 2 nitrogen and oxygen atoms in total. The molecule has 1 rings (SSSR count). The zero-order valence-corrected chi connectivity index (χ0v) is 8.63. The van der Waals surface area contributed by atoms with Crippen LogP contribution >= 0.6 is 0 Å². The summed E-state index contributed by atoms with van der Waals surface area (Å²) in [5, 5.41) is 2.78. The van der Waals surface area contributed by atoms with E-state index in [1.165, 1.54) is 0 Å². The molecule has 0 aliphatic carbocycles. The van der Waals surface area contributed by atoms with Crippen LogP contribution in [0.5, 0.6) is 0 Å². The SMILES string of the molecule is C=Cc1ccc(C)c(C(=O)NCC)c1. The molecule has 0 heterocycles. The van der Waals surface area contributed by atoms with Crippen LogP contribution < -0.4 is 5.32 Å². The van der Waals surface area contributed by atoms with Gasteiger partial charge in [-0.05, 0) is 31.0 Å². The Morgan fingerprint density at radius 2 is 2.29 bits per heavy atom. The number of carbonyl (C=O) groups excluding carboxylic acids is 1. The number of nitrogens with one attached hydrogen (secondary N) is 1. The maximum absolute atomic E-state index is 11.6. The predicted molar refractivity (Wildman–Crippen MR) is 59.3 cm³/mol. The Morgan fingerprint density at radius 1 is 1.57 bits per heavy atom. The third kappa shape index (κ3) is 2.22. The maximum atomic E-state index is 11.6. The molecule has 2 heteroatoms. The first kappa shape index (κ1) is 10.5. The van der Waals surface area contributed by atoms with Crippen LogP contribution in [0.25, 0.3) is 6.08 Å². The van der Waals surface area contributed by atoms with E-state index in [0.29, 0.717) is 6.54 Å². The lowest BCUT2D eigenvalue weighted by molar-refractivity contribution is 0.0955. The molecule has 1 amide bonds. The lowest BCUT2D eigenvalue weighted by atomic mass is 10.0. The Hall–Kier alpha value is -1.57. The van der Waals surface area contributed by atoms with E-state index >= 15 is 0 Å². The fourth-order valence-corrected chi connectivity index (χ4v) is 1.27. The highest BCUT2D eigenvalue weighted by atomic mass is 16.1. The molecule has 74 valence electrons. The molecule has 0 saturated carbocycles. The Bertz CT molecular complexity index is 355. The first-order chi connectivity index (χ1) is 6.69. The average molecular weight is 189 g/mol. The zero-order valence-electron chi connectivity index (χ0n) is 8.63. The second kappa shape index (κ2) is 4.61. The lowest BCUT2D eigenvalue weighted by Gasteiger charge is -2.06. The molecule has 1 aromatic carbocycles. The van der Waals surface area contributed by atoms with Crippen molar-refractivity contribution in [1.29, 1.82) is 0 Å². The van der Waals surface area contributed by atoms with Crippen LogP contribution in [0.1, 0.15) is 28.4 Å². The van der Waals surface area contributed by atoms with Crippen LogP contribution in [-0.2, 0) is 0 Å². The molecule has 0 spiro atoms. The van der Waals surface area contributed by atoms with Crippen molar-refractivity contribution in [3.05, 3.63) is 41.5 Å². The van der Waals surface area contributed by atoms with E-state index < -0.39 is 0 Å². The highest BCUT2D eigenvalue weighted by molar-refractivity contribution is 5.96. The fourth-order valence-electron chi connectivity index (χ4n) is 1.27. The molecule has 14 heavy (non-hydrogen) atoms. The Balaban J connectivity index is 3.05. The topological polar surface area (TPSA) is 29.1 Å². The van der Waals surface area contributed by atoms with Gasteiger partial charge >= 0.3 is 0 Å². The van der Waals surface area contributed by atoms with Gasteiger partial charge in [0.05, 0.1) is 0 Å². The normalized spacial score (nSPS) is 9.57. The second-order valence-electron chi connectivity index (χ2n) is 3.14. The minimum atomic E-state index is -0.0197. The lowest BCUT2D eigenvalue weighted by Crippen LogP contribution is -2.23. The molecule has 1 N–H and O–H groups in total. The molecule has 0 bridgehead atoms. The van der Waals surface area contributed by atoms with E-state index in [2.05, 4.69) is 11.9 Å². The molecular formula is C12H15NO. The van der Waals surface area contributed by atoms with Gasteiger partial charge in [0.1, 0.15) is 0 Å². The molecule has 0 aliphatic rings. The van der Waals surface area contributed by atoms with Crippen molar-refractivity contribution in [3.8, 4) is 0 Å². The monoisotopic (exact) mass is 189 g/mol. The van der Waals surface area contributed by atoms with Crippen molar-refractivity contribution >= 4 is 12.0 Å². The van der Waals surface area contributed by atoms with E-state index in [-0.39, 0.29) is 5.91 Å². The highest BCUT2D eigenvalue weighted by Crippen LogP contribution is 2.11. The van der Waals surface area contributed by atoms with Crippen LogP contribution in [0.3, 0.4) is 0 Å². The van der Waals surface area contributed by atoms with E-state index in [9.17, 15) is 4.79 Å². The molecule has 0 fully saturated rings. The molecule has 0 atom stereocenters. The number of amides is 1. The quantitative estimate of drug-likeness (QED) is 0.777. The van der Waals surface area contributed by atoms with Crippen LogP contribution in [0.2, 0.25) is 0 Å². The van der Waals surface area contributed by atoms with Gasteiger partial charge in [-0.15, -0.1) is 0 Å². The summed E-state index contributed by atoms with van der Waals surface area (Å²) in [6, 6.07) is 5.74. The maximum Gasteiger partial charge on any atom is 0.251 e. The molecule has 0 saturated heterocycles. The van der Waals surface area contributed by atoms with E-state index in [1.807, 2.05) is 32.0 Å². The van der Waals surface area contributed by atoms with Gasteiger partial charge < -0.3 is 5.32 Å². The van der Waals surface area contributed by atoms with Crippen molar-refractivity contribution in [2.45, 2.75) is 13.8 Å². The molecule has 1 aromatic rings. The fraction of sp³-hybridized carbons (Fsp3) is 0.250. The minimum absolute atomic E-state index is 0.0197. The van der Waals surface area contributed by atoms with Crippen molar-refractivity contribution in [2.24, 2.45) is 0 Å². The van der Waals surface area contributed by atoms with E-state index in [4.69, 9.17) is 0 Å². The first-order valence-corrected chi connectivity index (χ1v) is 4.70. The average Bonchev–Trinajstić information content (AvgIpc) is 2.19. The second-order valence-corrected chi connectivity index (χ2v) is 3.14. The number of hydrogen-bond acceptors (Lipinski definition) is 1. The highest BCUT2D eigenvalue weighted by Gasteiger charge is 2.07. The summed E-state index contributed by atoms with van der Waals surface area (Å²) in [6.07, 6.45) is 1.74. The van der Waals surface area contributed by atoms with Crippen molar-refractivity contribution in [3.63, 3.8) is 0 Å². The smallest absolute Gasteiger partial charge is 0.251 e. The van der Waals surface area contributed by atoms with Crippen LogP contribution in [0, 0.1) is 6.92 Å². The van der Waals surface area contributed by atoms with Gasteiger partial charge in [-0.1, -0.05) is 24.8 Å². The van der Waals surface area contributed by atoms with Gasteiger partial charge in [-0.2, -0.15) is 0 Å². The largest absolute Gasteiger partial charge is 0.352 e. The summed E-state index contributed by atoms with van der Waals surface area (Å²) in [4.78, 5) is 11.6. The van der Waals surface area contributed by atoms with E-state index in [1.54, 1.807) is 6.08 Å². The van der Waals surface area contributed by atoms with Crippen molar-refractivity contribution < 1.29 is 4.79 Å². The van der Waals surface area contributed by atoms with Crippen LogP contribution in [0.4, 0.5) is 0 Å². The summed E-state index contributed by atoms with van der Waals surface area (Å²) >= 11 is 0. The van der Waals surface area contributed by atoms with Gasteiger partial charge in [0.2, 0.25) is 0 Å². The van der Waals surface area contributed by atoms with Crippen LogP contribution in [0.15, 0.2) is 24.8 Å². The van der Waals surface area contributed by atoms with Crippen molar-refractivity contribution in [2.75, 3.05) is 6.54 Å². The van der Waals surface area contributed by atoms with Crippen LogP contribution in [-0.4, -0.2) is 12.5 Å². The third-order valence-corrected chi connectivity index (χ3v) is 2.08. The molecule has 0 radical (unpaired) electrons. The Kier molecular flexibility index (Phi) is 3.46. The third-order valence-electron chi connectivity index (χ3n) is 2.08. The summed E-state index contributed by atoms with van der Waals surface area (Å²) in [5.74, 6) is -0.0197. The Morgan fingerprint density at radius 3 is 2.86 bits per heavy atom. The van der Waals surface area contributed by atoms with E-state index in [0.717, 1.165) is 16.7 Å². The summed E-state index contributed by atoms with van der Waals surface area (Å²) < 4.78 is 0. The summed E-state index contributed by atoms with van der Waals surface area (Å²) in [6.45, 7) is 8.16. The van der Waals surface area contributed by atoms with Gasteiger partial charge in [0.25, 0.3) is 5.91 Å². The molecule has 0 unspecified atom stereocenters. The summed E-state index contributed by atoms with van der Waals surface area (Å²) in [5.41, 5.74) is 2.68. The van der Waals surface area contributed by atoms with Gasteiger partial charge in [0, 0.05) is 12.1 Å². The predicted octanol–water partition coefficient (Wildman–Crippen LogP) is 2.39. The minimum Gasteiger partial charge on any atom is -0.352 e. The van der Waals surface area contributed by atoms with Crippen molar-refractivity contribution in [1.82, 2.24) is 5.32 Å². The number of aryl methyl sites for hydroxylation is 1. The zero-order chi connectivity index (χ0) is 10.6. The number of rotatable bonds is 3. The Labute approximate surface area is 84.6 Å². The molecular weight excluding hydrogens is 174 g/mol. The number of carbonyl (C=O) groups is 1. The van der Waals surface area contributed by atoms with Gasteiger partial charge in [0.15, 0.2) is 0 Å². The van der Waals surface area contributed by atoms with Gasteiger partial charge in [-0.3, -0.25) is 4.79 Å². The number of benzene rings is 1.